The fraction of sp³-hybridized carbons (Fsp3) is 0.545. The SMILES string of the molecule is COc1nc(NCCCC(C)O)ccc1N. The van der Waals surface area contributed by atoms with Crippen LogP contribution in [0.1, 0.15) is 19.8 Å². The highest BCUT2D eigenvalue weighted by Crippen LogP contribution is 2.19. The van der Waals surface area contributed by atoms with Gasteiger partial charge in [-0.3, -0.25) is 0 Å². The quantitative estimate of drug-likeness (QED) is 0.635. The zero-order valence-corrected chi connectivity index (χ0v) is 9.73. The van der Waals surface area contributed by atoms with Gasteiger partial charge in [0.1, 0.15) is 5.82 Å². The highest BCUT2D eigenvalue weighted by Gasteiger charge is 2.02. The first-order valence-corrected chi connectivity index (χ1v) is 5.36. The Labute approximate surface area is 95.6 Å². The highest BCUT2D eigenvalue weighted by atomic mass is 16.5. The van der Waals surface area contributed by atoms with Gasteiger partial charge in [0, 0.05) is 6.54 Å². The molecule has 1 rings (SSSR count). The van der Waals surface area contributed by atoms with Gasteiger partial charge in [-0.15, -0.1) is 0 Å². The number of hydrogen-bond acceptors (Lipinski definition) is 5. The second-order valence-electron chi connectivity index (χ2n) is 3.71. The average molecular weight is 225 g/mol. The van der Waals surface area contributed by atoms with Gasteiger partial charge < -0.3 is 20.9 Å². The fourth-order valence-electron chi connectivity index (χ4n) is 1.33. The summed E-state index contributed by atoms with van der Waals surface area (Å²) in [5.41, 5.74) is 6.17. The number of pyridine rings is 1. The predicted octanol–water partition coefficient (Wildman–Crippen LogP) is 1.25. The van der Waals surface area contributed by atoms with Gasteiger partial charge in [-0.05, 0) is 31.9 Å². The number of nitrogens with two attached hydrogens (primary N) is 1. The maximum absolute atomic E-state index is 9.09. The molecule has 0 aliphatic heterocycles. The minimum Gasteiger partial charge on any atom is -0.479 e. The summed E-state index contributed by atoms with van der Waals surface area (Å²) in [6, 6.07) is 3.56. The van der Waals surface area contributed by atoms with E-state index in [1.54, 1.807) is 19.1 Å². The summed E-state index contributed by atoms with van der Waals surface area (Å²) in [7, 11) is 1.54. The van der Waals surface area contributed by atoms with Gasteiger partial charge in [0.2, 0.25) is 5.88 Å². The molecule has 0 saturated carbocycles. The Hall–Kier alpha value is -1.49. The van der Waals surface area contributed by atoms with Crippen LogP contribution in [0, 0.1) is 0 Å². The molecule has 0 radical (unpaired) electrons. The van der Waals surface area contributed by atoms with Crippen LogP contribution >= 0.6 is 0 Å². The smallest absolute Gasteiger partial charge is 0.238 e. The van der Waals surface area contributed by atoms with Crippen molar-refractivity contribution in [3.05, 3.63) is 12.1 Å². The lowest BCUT2D eigenvalue weighted by molar-refractivity contribution is 0.183. The number of nitrogen functional groups attached to an aromatic ring is 1. The maximum atomic E-state index is 9.09. The molecule has 5 nitrogen and oxygen atoms in total. The molecule has 1 aromatic rings. The van der Waals surface area contributed by atoms with E-state index in [2.05, 4.69) is 10.3 Å². The topological polar surface area (TPSA) is 80.4 Å². The number of ether oxygens (including phenoxy) is 1. The number of aliphatic hydroxyl groups is 1. The molecule has 1 aromatic heterocycles. The minimum atomic E-state index is -0.254. The van der Waals surface area contributed by atoms with Gasteiger partial charge in [-0.1, -0.05) is 0 Å². The Morgan fingerprint density at radius 2 is 2.31 bits per heavy atom. The molecule has 0 aromatic carbocycles. The summed E-state index contributed by atoms with van der Waals surface area (Å²) in [6.07, 6.45) is 1.42. The van der Waals surface area contributed by atoms with Crippen molar-refractivity contribution in [3.63, 3.8) is 0 Å². The Balaban J connectivity index is 2.42. The molecule has 1 atom stereocenters. The molecule has 90 valence electrons. The first-order chi connectivity index (χ1) is 7.63. The van der Waals surface area contributed by atoms with E-state index in [-0.39, 0.29) is 6.10 Å². The molecule has 1 heterocycles. The zero-order chi connectivity index (χ0) is 12.0. The Morgan fingerprint density at radius 3 is 2.94 bits per heavy atom. The third-order valence-electron chi connectivity index (χ3n) is 2.19. The highest BCUT2D eigenvalue weighted by molar-refractivity contribution is 5.53. The van der Waals surface area contributed by atoms with Crippen molar-refractivity contribution in [2.75, 3.05) is 24.7 Å². The van der Waals surface area contributed by atoms with Crippen molar-refractivity contribution in [1.82, 2.24) is 4.98 Å². The number of aliphatic hydroxyl groups excluding tert-OH is 1. The average Bonchev–Trinajstić information content (AvgIpc) is 2.26. The molecule has 0 bridgehead atoms. The molecular weight excluding hydrogens is 206 g/mol. The second-order valence-corrected chi connectivity index (χ2v) is 3.71. The van der Waals surface area contributed by atoms with Gasteiger partial charge in [-0.25, -0.2) is 0 Å². The lowest BCUT2D eigenvalue weighted by Crippen LogP contribution is -2.08. The van der Waals surface area contributed by atoms with Crippen molar-refractivity contribution in [2.45, 2.75) is 25.9 Å². The van der Waals surface area contributed by atoms with E-state index in [9.17, 15) is 0 Å². The van der Waals surface area contributed by atoms with E-state index in [4.69, 9.17) is 15.6 Å². The van der Waals surface area contributed by atoms with Crippen molar-refractivity contribution >= 4 is 11.5 Å². The zero-order valence-electron chi connectivity index (χ0n) is 9.73. The van der Waals surface area contributed by atoms with Crippen LogP contribution in [-0.4, -0.2) is 29.8 Å². The lowest BCUT2D eigenvalue weighted by Gasteiger charge is -2.09. The molecule has 0 aliphatic carbocycles. The van der Waals surface area contributed by atoms with Gasteiger partial charge in [-0.2, -0.15) is 4.98 Å². The number of nitrogens with one attached hydrogen (secondary N) is 1. The summed E-state index contributed by atoms with van der Waals surface area (Å²) in [4.78, 5) is 4.19. The largest absolute Gasteiger partial charge is 0.479 e. The van der Waals surface area contributed by atoms with Crippen LogP contribution in [0.5, 0.6) is 5.88 Å². The third kappa shape index (κ3) is 3.94. The molecule has 0 aliphatic rings. The van der Waals surface area contributed by atoms with Crippen LogP contribution in [0.4, 0.5) is 11.5 Å². The number of methoxy groups -OCH3 is 1. The van der Waals surface area contributed by atoms with Gasteiger partial charge in [0.25, 0.3) is 0 Å². The number of nitrogens with zero attached hydrogens (tertiary/aromatic N) is 1. The summed E-state index contributed by atoms with van der Waals surface area (Å²) in [6.45, 7) is 2.55. The van der Waals surface area contributed by atoms with Crippen LogP contribution in [0.2, 0.25) is 0 Å². The predicted molar refractivity (Wildman–Crippen MR) is 64.6 cm³/mol. The summed E-state index contributed by atoms with van der Waals surface area (Å²) in [5, 5.41) is 12.2. The molecule has 16 heavy (non-hydrogen) atoms. The van der Waals surface area contributed by atoms with Gasteiger partial charge in [0.15, 0.2) is 0 Å². The number of aromatic nitrogens is 1. The van der Waals surface area contributed by atoms with Gasteiger partial charge >= 0.3 is 0 Å². The van der Waals surface area contributed by atoms with E-state index >= 15 is 0 Å². The summed E-state index contributed by atoms with van der Waals surface area (Å²) < 4.78 is 5.01. The van der Waals surface area contributed by atoms with E-state index in [0.717, 1.165) is 25.2 Å². The van der Waals surface area contributed by atoms with Crippen molar-refractivity contribution < 1.29 is 9.84 Å². The van der Waals surface area contributed by atoms with E-state index < -0.39 is 0 Å². The standard InChI is InChI=1S/C11H19N3O2/c1-8(15)4-3-7-13-10-6-5-9(12)11(14-10)16-2/h5-6,8,15H,3-4,7,12H2,1-2H3,(H,13,14). The summed E-state index contributed by atoms with van der Waals surface area (Å²) in [5.74, 6) is 1.16. The summed E-state index contributed by atoms with van der Waals surface area (Å²) >= 11 is 0. The Kier molecular flexibility index (Phi) is 4.85. The molecule has 0 fully saturated rings. The minimum absolute atomic E-state index is 0.254. The van der Waals surface area contributed by atoms with Crippen molar-refractivity contribution in [3.8, 4) is 5.88 Å². The van der Waals surface area contributed by atoms with E-state index in [1.807, 2.05) is 0 Å². The second kappa shape index (κ2) is 6.17. The number of anilines is 2. The molecule has 0 saturated heterocycles. The molecular formula is C11H19N3O2. The first kappa shape index (κ1) is 12.6. The van der Waals surface area contributed by atoms with Gasteiger partial charge in [0.05, 0.1) is 18.9 Å². The maximum Gasteiger partial charge on any atom is 0.238 e. The third-order valence-corrected chi connectivity index (χ3v) is 2.19. The molecule has 1 unspecified atom stereocenters. The first-order valence-electron chi connectivity index (χ1n) is 5.36. The Morgan fingerprint density at radius 1 is 1.56 bits per heavy atom. The van der Waals surface area contributed by atoms with Crippen LogP contribution in [0.25, 0.3) is 0 Å². The van der Waals surface area contributed by atoms with Crippen molar-refractivity contribution in [1.29, 1.82) is 0 Å². The monoisotopic (exact) mass is 225 g/mol. The van der Waals surface area contributed by atoms with Crippen LogP contribution in [-0.2, 0) is 0 Å². The molecule has 4 N–H and O–H groups in total. The fourth-order valence-corrected chi connectivity index (χ4v) is 1.33. The van der Waals surface area contributed by atoms with Crippen LogP contribution in [0.3, 0.4) is 0 Å². The van der Waals surface area contributed by atoms with Crippen molar-refractivity contribution in [2.24, 2.45) is 0 Å². The van der Waals surface area contributed by atoms with E-state index in [0.29, 0.717) is 11.6 Å². The lowest BCUT2D eigenvalue weighted by atomic mass is 10.2. The van der Waals surface area contributed by atoms with Crippen LogP contribution in [0.15, 0.2) is 12.1 Å². The van der Waals surface area contributed by atoms with E-state index in [1.165, 1.54) is 7.11 Å². The van der Waals surface area contributed by atoms with Crippen LogP contribution < -0.4 is 15.8 Å². The molecule has 5 heteroatoms. The number of rotatable bonds is 6. The molecule has 0 spiro atoms. The molecule has 0 amide bonds. The normalized spacial score (nSPS) is 12.2. The number of hydrogen-bond donors (Lipinski definition) is 3. The Bertz CT molecular complexity index is 329.